The number of carbonyl (C=O) groups is 1. The van der Waals surface area contributed by atoms with Crippen LogP contribution in [-0.2, 0) is 13.0 Å². The molecular formula is C19H15N3O4S. The van der Waals surface area contributed by atoms with Crippen LogP contribution in [0.4, 0.5) is 0 Å². The molecule has 0 aliphatic rings. The fourth-order valence-electron chi connectivity index (χ4n) is 2.84. The zero-order valence-electron chi connectivity index (χ0n) is 14.4. The quantitative estimate of drug-likeness (QED) is 0.569. The molecule has 0 atom stereocenters. The minimum atomic E-state index is -1.15. The molecule has 4 rings (SSSR count). The highest BCUT2D eigenvalue weighted by molar-refractivity contribution is 7.18. The van der Waals surface area contributed by atoms with Gasteiger partial charge in [-0.1, -0.05) is 6.92 Å². The Morgan fingerprint density at radius 1 is 1.26 bits per heavy atom. The number of rotatable bonds is 5. The largest absolute Gasteiger partial charge is 0.475 e. The minimum absolute atomic E-state index is 0.0873. The van der Waals surface area contributed by atoms with Gasteiger partial charge in [-0.25, -0.2) is 9.78 Å². The van der Waals surface area contributed by atoms with Crippen LogP contribution in [0.3, 0.4) is 0 Å². The number of hydrogen-bond donors (Lipinski definition) is 1. The Morgan fingerprint density at radius 2 is 2.04 bits per heavy atom. The first kappa shape index (κ1) is 17.2. The van der Waals surface area contributed by atoms with E-state index in [1.54, 1.807) is 30.6 Å². The van der Waals surface area contributed by atoms with Gasteiger partial charge in [-0.3, -0.25) is 14.3 Å². The fourth-order valence-corrected chi connectivity index (χ4v) is 3.80. The number of pyridine rings is 1. The van der Waals surface area contributed by atoms with E-state index in [4.69, 9.17) is 14.5 Å². The van der Waals surface area contributed by atoms with Crippen LogP contribution in [0.2, 0.25) is 0 Å². The van der Waals surface area contributed by atoms with Crippen molar-refractivity contribution in [2.75, 3.05) is 0 Å². The van der Waals surface area contributed by atoms with E-state index in [0.717, 1.165) is 16.9 Å². The number of aromatic carboxylic acids is 1. The Morgan fingerprint density at radius 3 is 2.70 bits per heavy atom. The van der Waals surface area contributed by atoms with Gasteiger partial charge in [0.2, 0.25) is 5.76 Å². The Balaban J connectivity index is 1.91. The molecular weight excluding hydrogens is 366 g/mol. The summed E-state index contributed by atoms with van der Waals surface area (Å²) in [6.45, 7) is 2.12. The molecule has 0 aromatic carbocycles. The summed E-state index contributed by atoms with van der Waals surface area (Å²) in [6.07, 6.45) is 4.10. The highest BCUT2D eigenvalue weighted by atomic mass is 32.1. The van der Waals surface area contributed by atoms with Crippen LogP contribution in [0.25, 0.3) is 21.6 Å². The Hall–Kier alpha value is -3.26. The molecule has 8 heteroatoms. The van der Waals surface area contributed by atoms with E-state index < -0.39 is 5.97 Å². The number of thiophene rings is 1. The first-order valence-electron chi connectivity index (χ1n) is 8.32. The maximum absolute atomic E-state index is 13.2. The van der Waals surface area contributed by atoms with Gasteiger partial charge in [0.05, 0.1) is 11.9 Å². The number of hydrogen-bond acceptors (Lipinski definition) is 6. The molecule has 0 bridgehead atoms. The molecule has 0 aliphatic carbocycles. The number of furan rings is 1. The molecule has 136 valence electrons. The summed E-state index contributed by atoms with van der Waals surface area (Å²) < 4.78 is 6.84. The van der Waals surface area contributed by atoms with Crippen molar-refractivity contribution in [3.8, 4) is 11.4 Å². The van der Waals surface area contributed by atoms with E-state index in [1.165, 1.54) is 22.0 Å². The fraction of sp³-hybridized carbons (Fsp3) is 0.158. The molecule has 27 heavy (non-hydrogen) atoms. The smallest absolute Gasteiger partial charge is 0.371 e. The third-order valence-corrected chi connectivity index (χ3v) is 5.35. The zero-order chi connectivity index (χ0) is 19.0. The summed E-state index contributed by atoms with van der Waals surface area (Å²) in [5.41, 5.74) is 0.566. The molecule has 4 aromatic rings. The van der Waals surface area contributed by atoms with E-state index in [0.29, 0.717) is 21.8 Å². The van der Waals surface area contributed by atoms with Crippen LogP contribution < -0.4 is 5.56 Å². The molecule has 0 aliphatic heterocycles. The molecule has 0 unspecified atom stereocenters. The maximum Gasteiger partial charge on any atom is 0.371 e. The summed E-state index contributed by atoms with van der Waals surface area (Å²) in [7, 11) is 0. The third kappa shape index (κ3) is 3.15. The Bertz CT molecular complexity index is 1190. The van der Waals surface area contributed by atoms with Crippen LogP contribution in [-0.4, -0.2) is 25.6 Å². The lowest BCUT2D eigenvalue weighted by molar-refractivity contribution is 0.0660. The number of carboxylic acid groups (broad SMARTS) is 1. The number of aromatic nitrogens is 3. The number of aryl methyl sites for hydroxylation is 1. The van der Waals surface area contributed by atoms with Gasteiger partial charge in [-0.05, 0) is 36.8 Å². The van der Waals surface area contributed by atoms with Crippen molar-refractivity contribution < 1.29 is 14.3 Å². The van der Waals surface area contributed by atoms with Crippen LogP contribution in [0.15, 0.2) is 51.9 Å². The van der Waals surface area contributed by atoms with E-state index in [9.17, 15) is 9.59 Å². The van der Waals surface area contributed by atoms with Gasteiger partial charge in [-0.2, -0.15) is 0 Å². The Kier molecular flexibility index (Phi) is 4.33. The monoisotopic (exact) mass is 381 g/mol. The summed E-state index contributed by atoms with van der Waals surface area (Å²) in [6, 6.07) is 8.36. The van der Waals surface area contributed by atoms with Crippen molar-refractivity contribution in [1.29, 1.82) is 0 Å². The summed E-state index contributed by atoms with van der Waals surface area (Å²) >= 11 is 1.50. The van der Waals surface area contributed by atoms with Crippen molar-refractivity contribution >= 4 is 27.5 Å². The lowest BCUT2D eigenvalue weighted by Crippen LogP contribution is -2.23. The third-order valence-electron chi connectivity index (χ3n) is 4.18. The van der Waals surface area contributed by atoms with Crippen LogP contribution >= 0.6 is 11.3 Å². The number of nitrogens with zero attached hydrogens (tertiary/aromatic N) is 3. The molecule has 0 spiro atoms. The average molecular weight is 381 g/mol. The van der Waals surface area contributed by atoms with Gasteiger partial charge >= 0.3 is 5.97 Å². The zero-order valence-corrected chi connectivity index (χ0v) is 15.2. The van der Waals surface area contributed by atoms with Crippen LogP contribution in [0.5, 0.6) is 0 Å². The number of carboxylic acids is 1. The molecule has 0 fully saturated rings. The molecule has 0 saturated heterocycles. The second kappa shape index (κ2) is 6.81. The molecule has 0 amide bonds. The lowest BCUT2D eigenvalue weighted by Gasteiger charge is -2.11. The number of fused-ring (bicyclic) bond motifs is 1. The average Bonchev–Trinajstić information content (AvgIpc) is 3.31. The molecule has 7 nitrogen and oxygen atoms in total. The normalized spacial score (nSPS) is 11.1. The van der Waals surface area contributed by atoms with E-state index >= 15 is 0 Å². The predicted molar refractivity (Wildman–Crippen MR) is 101 cm³/mol. The van der Waals surface area contributed by atoms with Crippen molar-refractivity contribution in [3.63, 3.8) is 0 Å². The Labute approximate surface area is 157 Å². The molecule has 1 N–H and O–H groups in total. The van der Waals surface area contributed by atoms with Gasteiger partial charge < -0.3 is 9.52 Å². The molecule has 0 saturated carbocycles. The van der Waals surface area contributed by atoms with E-state index in [1.807, 2.05) is 13.0 Å². The first-order valence-corrected chi connectivity index (χ1v) is 9.14. The van der Waals surface area contributed by atoms with Gasteiger partial charge in [0.25, 0.3) is 5.56 Å². The molecule has 4 aromatic heterocycles. The highest BCUT2D eigenvalue weighted by Crippen LogP contribution is 2.26. The summed E-state index contributed by atoms with van der Waals surface area (Å²) in [4.78, 5) is 34.7. The highest BCUT2D eigenvalue weighted by Gasteiger charge is 2.17. The van der Waals surface area contributed by atoms with Crippen LogP contribution in [0.1, 0.15) is 28.1 Å². The second-order valence-electron chi connectivity index (χ2n) is 5.92. The van der Waals surface area contributed by atoms with Crippen LogP contribution in [0, 0.1) is 0 Å². The van der Waals surface area contributed by atoms with Gasteiger partial charge in [0.1, 0.15) is 16.4 Å². The van der Waals surface area contributed by atoms with Crippen molar-refractivity contribution in [3.05, 3.63) is 69.5 Å². The van der Waals surface area contributed by atoms with E-state index in [-0.39, 0.29) is 17.9 Å². The topological polar surface area (TPSA) is 98.2 Å². The van der Waals surface area contributed by atoms with Crippen molar-refractivity contribution in [2.24, 2.45) is 0 Å². The van der Waals surface area contributed by atoms with E-state index in [2.05, 4.69) is 4.98 Å². The van der Waals surface area contributed by atoms with Gasteiger partial charge in [-0.15, -0.1) is 11.3 Å². The predicted octanol–water partition coefficient (Wildman–Crippen LogP) is 3.42. The lowest BCUT2D eigenvalue weighted by atomic mass is 10.2. The molecule has 0 radical (unpaired) electrons. The molecule has 4 heterocycles. The SMILES string of the molecule is CCc1cc2c(=O)n(Cc3ccc(C(=O)O)o3)c(-c3ccncc3)nc2s1. The summed E-state index contributed by atoms with van der Waals surface area (Å²) in [5.74, 6) is -0.451. The van der Waals surface area contributed by atoms with Gasteiger partial charge in [0, 0.05) is 22.8 Å². The van der Waals surface area contributed by atoms with Crippen molar-refractivity contribution in [2.45, 2.75) is 19.9 Å². The first-order chi connectivity index (χ1) is 13.1. The summed E-state index contributed by atoms with van der Waals surface area (Å²) in [5, 5.41) is 9.60. The standard InChI is InChI=1S/C19H15N3O4S/c1-2-13-9-14-17(27-13)21-16(11-5-7-20-8-6-11)22(18(14)23)10-12-3-4-15(26-12)19(24)25/h3-9H,2,10H2,1H3,(H,24,25). The van der Waals surface area contributed by atoms with Gasteiger partial charge in [0.15, 0.2) is 0 Å². The second-order valence-corrected chi connectivity index (χ2v) is 7.03. The maximum atomic E-state index is 13.2. The minimum Gasteiger partial charge on any atom is -0.475 e. The van der Waals surface area contributed by atoms with Crippen molar-refractivity contribution in [1.82, 2.24) is 14.5 Å².